The third kappa shape index (κ3) is 1.91. The van der Waals surface area contributed by atoms with Crippen molar-refractivity contribution in [3.05, 3.63) is 35.4 Å². The van der Waals surface area contributed by atoms with E-state index in [4.69, 9.17) is 0 Å². The van der Waals surface area contributed by atoms with E-state index in [1.165, 1.54) is 0 Å². The maximum atomic E-state index is 12.6. The lowest BCUT2D eigenvalue weighted by atomic mass is 10.1. The highest BCUT2D eigenvalue weighted by atomic mass is 19.4. The lowest BCUT2D eigenvalue weighted by molar-refractivity contribution is -0.0887. The fourth-order valence-corrected chi connectivity index (χ4v) is 2.25. The van der Waals surface area contributed by atoms with E-state index in [9.17, 15) is 18.0 Å². The zero-order chi connectivity index (χ0) is 13.8. The number of alkyl halides is 3. The number of nitrogens with zero attached hydrogens (tertiary/aromatic N) is 2. The van der Waals surface area contributed by atoms with Gasteiger partial charge in [-0.15, -0.1) is 0 Å². The molecule has 3 rings (SSSR count). The highest BCUT2D eigenvalue weighted by molar-refractivity contribution is 6.04. The van der Waals surface area contributed by atoms with Crippen LogP contribution in [0.5, 0.6) is 0 Å². The first-order chi connectivity index (χ1) is 8.89. The van der Waals surface area contributed by atoms with Crippen LogP contribution in [0.1, 0.15) is 40.6 Å². The average Bonchev–Trinajstić information content (AvgIpc) is 3.09. The van der Waals surface area contributed by atoms with Gasteiger partial charge in [-0.05, 0) is 31.4 Å². The monoisotopic (exact) mass is 268 g/mol. The summed E-state index contributed by atoms with van der Waals surface area (Å²) in [5.41, 5.74) is 0.411. The Hall–Kier alpha value is -1.85. The van der Waals surface area contributed by atoms with E-state index in [2.05, 4.69) is 4.98 Å². The fourth-order valence-electron chi connectivity index (χ4n) is 2.25. The van der Waals surface area contributed by atoms with Crippen molar-refractivity contribution in [2.45, 2.75) is 31.9 Å². The van der Waals surface area contributed by atoms with Crippen LogP contribution in [0.2, 0.25) is 0 Å². The molecule has 0 spiro atoms. The van der Waals surface area contributed by atoms with Crippen molar-refractivity contribution >= 4 is 11.3 Å². The minimum absolute atomic E-state index is 0.170. The van der Waals surface area contributed by atoms with E-state index >= 15 is 0 Å². The molecule has 0 unspecified atom stereocenters. The summed E-state index contributed by atoms with van der Waals surface area (Å²) in [5.74, 6) is -1.14. The smallest absolute Gasteiger partial charge is 0.302 e. The Morgan fingerprint density at radius 3 is 2.68 bits per heavy atom. The first-order valence-electron chi connectivity index (χ1n) is 5.98. The highest BCUT2D eigenvalue weighted by Crippen LogP contribution is 2.40. The second kappa shape index (κ2) is 3.82. The number of rotatable bonds is 2. The number of halogens is 3. The molecular formula is C13H11F3N2O. The quantitative estimate of drug-likeness (QED) is 0.783. The summed E-state index contributed by atoms with van der Waals surface area (Å²) < 4.78 is 39.5. The van der Waals surface area contributed by atoms with Crippen molar-refractivity contribution in [3.8, 4) is 0 Å². The molecule has 0 aliphatic heterocycles. The maximum Gasteiger partial charge on any atom is 0.456 e. The third-order valence-electron chi connectivity index (χ3n) is 3.31. The predicted octanol–water partition coefficient (Wildman–Crippen LogP) is 3.27. The molecule has 0 bridgehead atoms. The molecule has 1 aliphatic carbocycles. The normalized spacial score (nSPS) is 16.0. The van der Waals surface area contributed by atoms with Gasteiger partial charge in [-0.1, -0.05) is 6.07 Å². The average molecular weight is 268 g/mol. The molecule has 0 aromatic carbocycles. The summed E-state index contributed by atoms with van der Waals surface area (Å²) in [7, 11) is 0. The number of carbonyl (C=O) groups is 1. The summed E-state index contributed by atoms with van der Waals surface area (Å²) >= 11 is 0. The Bertz CT molecular complexity index is 668. The van der Waals surface area contributed by atoms with Crippen molar-refractivity contribution in [2.75, 3.05) is 0 Å². The van der Waals surface area contributed by atoms with Gasteiger partial charge >= 0.3 is 6.18 Å². The third-order valence-corrected chi connectivity index (χ3v) is 3.31. The van der Waals surface area contributed by atoms with Gasteiger partial charge in [-0.3, -0.25) is 4.79 Å². The molecule has 0 N–H and O–H groups in total. The van der Waals surface area contributed by atoms with Crippen molar-refractivity contribution in [3.63, 3.8) is 0 Å². The summed E-state index contributed by atoms with van der Waals surface area (Å²) in [6.45, 7) is 1.68. The molecule has 0 atom stereocenters. The minimum atomic E-state index is -4.89. The zero-order valence-electron chi connectivity index (χ0n) is 10.2. The molecule has 1 saturated carbocycles. The molecule has 0 saturated heterocycles. The largest absolute Gasteiger partial charge is 0.456 e. The van der Waals surface area contributed by atoms with Gasteiger partial charge in [0.2, 0.25) is 0 Å². The van der Waals surface area contributed by atoms with Crippen LogP contribution in [-0.4, -0.2) is 21.3 Å². The Morgan fingerprint density at radius 1 is 1.42 bits per heavy atom. The molecule has 0 amide bonds. The van der Waals surface area contributed by atoms with Crippen molar-refractivity contribution in [1.82, 2.24) is 9.38 Å². The van der Waals surface area contributed by atoms with Crippen LogP contribution < -0.4 is 0 Å². The number of pyridine rings is 1. The first-order valence-corrected chi connectivity index (χ1v) is 5.98. The molecular weight excluding hydrogens is 257 g/mol. The van der Waals surface area contributed by atoms with Gasteiger partial charge in [0.25, 0.3) is 5.78 Å². The maximum absolute atomic E-state index is 12.6. The highest BCUT2D eigenvalue weighted by Gasteiger charge is 2.43. The number of Topliss-reactive ketones (excluding diaryl/α,β-unsaturated/α-hetero) is 1. The van der Waals surface area contributed by atoms with Gasteiger partial charge in [0.1, 0.15) is 11.5 Å². The van der Waals surface area contributed by atoms with Gasteiger partial charge in [0.05, 0.1) is 5.52 Å². The predicted molar refractivity (Wildman–Crippen MR) is 62.3 cm³/mol. The number of hydrogen-bond donors (Lipinski definition) is 0. The number of hydrogen-bond acceptors (Lipinski definition) is 2. The van der Waals surface area contributed by atoms with Gasteiger partial charge < -0.3 is 4.40 Å². The van der Waals surface area contributed by atoms with E-state index < -0.39 is 17.7 Å². The standard InChI is InChI=1S/C13H11F3N2O/c1-7-3-2-6-18-10(7)9(11(19)13(14,15)16)17-12(18)8-4-5-8/h2-3,6,8H,4-5H2,1H3. The molecule has 1 fully saturated rings. The lowest BCUT2D eigenvalue weighted by Crippen LogP contribution is -2.23. The van der Waals surface area contributed by atoms with Crippen LogP contribution in [0.25, 0.3) is 5.52 Å². The summed E-state index contributed by atoms with van der Waals surface area (Å²) in [5, 5.41) is 0. The Morgan fingerprint density at radius 2 is 2.11 bits per heavy atom. The minimum Gasteiger partial charge on any atom is -0.302 e. The SMILES string of the molecule is Cc1cccn2c(C3CC3)nc(C(=O)C(F)(F)F)c12. The van der Waals surface area contributed by atoms with Gasteiger partial charge in [0, 0.05) is 12.1 Å². The number of aromatic nitrogens is 2. The lowest BCUT2D eigenvalue weighted by Gasteiger charge is -2.04. The first kappa shape index (κ1) is 12.2. The molecule has 2 heterocycles. The second-order valence-electron chi connectivity index (χ2n) is 4.83. The van der Waals surface area contributed by atoms with Crippen molar-refractivity contribution in [1.29, 1.82) is 0 Å². The van der Waals surface area contributed by atoms with Crippen LogP contribution in [0.3, 0.4) is 0 Å². The number of aryl methyl sites for hydroxylation is 1. The molecule has 0 radical (unpaired) electrons. The van der Waals surface area contributed by atoms with E-state index in [-0.39, 0.29) is 11.4 Å². The van der Waals surface area contributed by atoms with Gasteiger partial charge in [-0.25, -0.2) is 4.98 Å². The van der Waals surface area contributed by atoms with E-state index in [0.29, 0.717) is 11.4 Å². The van der Waals surface area contributed by atoms with Crippen molar-refractivity contribution in [2.24, 2.45) is 0 Å². The van der Waals surface area contributed by atoms with E-state index in [0.717, 1.165) is 12.8 Å². The van der Waals surface area contributed by atoms with Crippen LogP contribution in [0, 0.1) is 6.92 Å². The summed E-state index contributed by atoms with van der Waals surface area (Å²) in [4.78, 5) is 15.5. The molecule has 100 valence electrons. The summed E-state index contributed by atoms with van der Waals surface area (Å²) in [6, 6.07) is 3.43. The van der Waals surface area contributed by atoms with Crippen LogP contribution in [0.15, 0.2) is 18.3 Å². The molecule has 2 aromatic rings. The Labute approximate surface area is 107 Å². The topological polar surface area (TPSA) is 34.4 Å². The van der Waals surface area contributed by atoms with Crippen LogP contribution in [-0.2, 0) is 0 Å². The van der Waals surface area contributed by atoms with E-state index in [1.54, 1.807) is 29.7 Å². The van der Waals surface area contributed by atoms with Crippen molar-refractivity contribution < 1.29 is 18.0 Å². The van der Waals surface area contributed by atoms with E-state index in [1.807, 2.05) is 0 Å². The number of imidazole rings is 1. The van der Waals surface area contributed by atoms with Crippen LogP contribution in [0.4, 0.5) is 13.2 Å². The number of ketones is 1. The Balaban J connectivity index is 2.27. The zero-order valence-corrected chi connectivity index (χ0v) is 10.2. The van der Waals surface area contributed by atoms with Crippen LogP contribution >= 0.6 is 0 Å². The number of carbonyl (C=O) groups excluding carboxylic acids is 1. The van der Waals surface area contributed by atoms with Gasteiger partial charge in [0.15, 0.2) is 0 Å². The molecule has 3 nitrogen and oxygen atoms in total. The Kier molecular flexibility index (Phi) is 2.45. The molecule has 6 heteroatoms. The molecule has 2 aromatic heterocycles. The molecule has 1 aliphatic rings. The second-order valence-corrected chi connectivity index (χ2v) is 4.83. The number of fused-ring (bicyclic) bond motifs is 1. The molecule has 19 heavy (non-hydrogen) atoms. The van der Waals surface area contributed by atoms with Gasteiger partial charge in [-0.2, -0.15) is 13.2 Å². The fraction of sp³-hybridized carbons (Fsp3) is 0.385. The summed E-state index contributed by atoms with van der Waals surface area (Å²) in [6.07, 6.45) is -1.41.